The summed E-state index contributed by atoms with van der Waals surface area (Å²) in [6, 6.07) is -0.368. The Bertz CT molecular complexity index is 335. The van der Waals surface area contributed by atoms with Gasteiger partial charge in [0.15, 0.2) is 0 Å². The molecule has 4 heteroatoms. The van der Waals surface area contributed by atoms with Gasteiger partial charge in [0.05, 0.1) is 0 Å². The van der Waals surface area contributed by atoms with Crippen LogP contribution < -0.4 is 5.32 Å². The average molecular weight is 252 g/mol. The minimum atomic E-state index is -0.368. The van der Waals surface area contributed by atoms with E-state index in [-0.39, 0.29) is 23.3 Å². The monoisotopic (exact) mass is 252 g/mol. The Morgan fingerprint density at radius 1 is 1.28 bits per heavy atom. The standard InChI is InChI=1S/C14H24N2O2/c1-11-13(18)16(9-6-12(17)15-11)10-14(2)7-4-3-5-8-14/h11H,3-10H2,1-2H3,(H,15,17). The maximum atomic E-state index is 12.2. The molecular formula is C14H24N2O2. The molecular weight excluding hydrogens is 228 g/mol. The first-order valence-corrected chi connectivity index (χ1v) is 7.08. The highest BCUT2D eigenvalue weighted by atomic mass is 16.2. The van der Waals surface area contributed by atoms with E-state index in [4.69, 9.17) is 0 Å². The second-order valence-electron chi connectivity index (χ2n) is 6.17. The van der Waals surface area contributed by atoms with Crippen LogP contribution in [-0.4, -0.2) is 35.8 Å². The number of carbonyl (C=O) groups is 2. The van der Waals surface area contributed by atoms with Crippen LogP contribution in [0.25, 0.3) is 0 Å². The van der Waals surface area contributed by atoms with E-state index in [1.165, 1.54) is 32.1 Å². The molecule has 1 saturated carbocycles. The Labute approximate surface area is 109 Å². The summed E-state index contributed by atoms with van der Waals surface area (Å²) < 4.78 is 0. The lowest BCUT2D eigenvalue weighted by Gasteiger charge is -2.38. The lowest BCUT2D eigenvalue weighted by molar-refractivity contribution is -0.134. The quantitative estimate of drug-likeness (QED) is 0.813. The predicted molar refractivity (Wildman–Crippen MR) is 70.0 cm³/mol. The van der Waals surface area contributed by atoms with E-state index in [1.807, 2.05) is 4.90 Å². The summed E-state index contributed by atoms with van der Waals surface area (Å²) >= 11 is 0. The van der Waals surface area contributed by atoms with Crippen LogP contribution >= 0.6 is 0 Å². The van der Waals surface area contributed by atoms with Crippen molar-refractivity contribution >= 4 is 11.8 Å². The van der Waals surface area contributed by atoms with Gasteiger partial charge in [-0.2, -0.15) is 0 Å². The largest absolute Gasteiger partial charge is 0.345 e. The van der Waals surface area contributed by atoms with Crippen LogP contribution in [0.3, 0.4) is 0 Å². The molecule has 0 radical (unpaired) electrons. The van der Waals surface area contributed by atoms with Crippen LogP contribution in [0.4, 0.5) is 0 Å². The lowest BCUT2D eigenvalue weighted by atomic mass is 9.75. The Kier molecular flexibility index (Phi) is 3.93. The zero-order chi connectivity index (χ0) is 13.2. The first kappa shape index (κ1) is 13.4. The predicted octanol–water partition coefficient (Wildman–Crippen LogP) is 1.69. The fraction of sp³-hybridized carbons (Fsp3) is 0.857. The third-order valence-electron chi connectivity index (χ3n) is 4.30. The summed E-state index contributed by atoms with van der Waals surface area (Å²) in [5.41, 5.74) is 0.251. The summed E-state index contributed by atoms with van der Waals surface area (Å²) in [7, 11) is 0. The molecule has 0 aromatic rings. The summed E-state index contributed by atoms with van der Waals surface area (Å²) in [6.07, 6.45) is 6.70. The maximum absolute atomic E-state index is 12.2. The third kappa shape index (κ3) is 3.03. The number of rotatable bonds is 2. The van der Waals surface area contributed by atoms with E-state index >= 15 is 0 Å². The molecule has 1 aliphatic carbocycles. The lowest BCUT2D eigenvalue weighted by Crippen LogP contribution is -2.46. The molecule has 0 aromatic heterocycles. The second kappa shape index (κ2) is 5.29. The number of nitrogens with zero attached hydrogens (tertiary/aromatic N) is 1. The van der Waals surface area contributed by atoms with Crippen molar-refractivity contribution in [3.8, 4) is 0 Å². The number of hydrogen-bond acceptors (Lipinski definition) is 2. The van der Waals surface area contributed by atoms with Crippen molar-refractivity contribution in [1.29, 1.82) is 0 Å². The fourth-order valence-corrected chi connectivity index (χ4v) is 3.18. The van der Waals surface area contributed by atoms with Crippen molar-refractivity contribution in [1.82, 2.24) is 10.2 Å². The summed E-state index contributed by atoms with van der Waals surface area (Å²) in [4.78, 5) is 25.6. The first-order valence-electron chi connectivity index (χ1n) is 7.08. The van der Waals surface area contributed by atoms with Crippen LogP contribution in [0.1, 0.15) is 52.4 Å². The smallest absolute Gasteiger partial charge is 0.244 e. The molecule has 1 atom stereocenters. The van der Waals surface area contributed by atoms with Gasteiger partial charge in [0.1, 0.15) is 6.04 Å². The van der Waals surface area contributed by atoms with Gasteiger partial charge in [0.2, 0.25) is 11.8 Å². The molecule has 102 valence electrons. The molecule has 2 fully saturated rings. The highest BCUT2D eigenvalue weighted by Crippen LogP contribution is 2.36. The zero-order valence-electron chi connectivity index (χ0n) is 11.5. The van der Waals surface area contributed by atoms with E-state index in [0.717, 1.165) is 6.54 Å². The maximum Gasteiger partial charge on any atom is 0.244 e. The van der Waals surface area contributed by atoms with Gasteiger partial charge in [-0.1, -0.05) is 26.2 Å². The molecule has 2 rings (SSSR count). The van der Waals surface area contributed by atoms with Gasteiger partial charge in [0.25, 0.3) is 0 Å². The minimum Gasteiger partial charge on any atom is -0.345 e. The molecule has 18 heavy (non-hydrogen) atoms. The Morgan fingerprint density at radius 2 is 1.94 bits per heavy atom. The summed E-state index contributed by atoms with van der Waals surface area (Å²) in [5, 5.41) is 2.74. The molecule has 2 amide bonds. The van der Waals surface area contributed by atoms with Crippen LogP contribution in [0, 0.1) is 5.41 Å². The molecule has 2 aliphatic rings. The first-order chi connectivity index (χ1) is 8.50. The van der Waals surface area contributed by atoms with Crippen molar-refractivity contribution in [2.75, 3.05) is 13.1 Å². The molecule has 1 aliphatic heterocycles. The summed E-state index contributed by atoms with van der Waals surface area (Å²) in [6.45, 7) is 5.45. The molecule has 1 N–H and O–H groups in total. The van der Waals surface area contributed by atoms with E-state index in [2.05, 4.69) is 12.2 Å². The van der Waals surface area contributed by atoms with Gasteiger partial charge < -0.3 is 10.2 Å². The highest BCUT2D eigenvalue weighted by Gasteiger charge is 2.34. The van der Waals surface area contributed by atoms with E-state index in [0.29, 0.717) is 13.0 Å². The number of carbonyl (C=O) groups excluding carboxylic acids is 2. The van der Waals surface area contributed by atoms with E-state index < -0.39 is 0 Å². The molecule has 1 heterocycles. The highest BCUT2D eigenvalue weighted by molar-refractivity contribution is 5.89. The van der Waals surface area contributed by atoms with Crippen LogP contribution in [-0.2, 0) is 9.59 Å². The zero-order valence-corrected chi connectivity index (χ0v) is 11.5. The molecule has 0 aromatic carbocycles. The van der Waals surface area contributed by atoms with Gasteiger partial charge in [0, 0.05) is 19.5 Å². The van der Waals surface area contributed by atoms with Gasteiger partial charge in [-0.3, -0.25) is 9.59 Å². The van der Waals surface area contributed by atoms with Gasteiger partial charge >= 0.3 is 0 Å². The molecule has 1 unspecified atom stereocenters. The number of hydrogen-bond donors (Lipinski definition) is 1. The molecule has 0 bridgehead atoms. The summed E-state index contributed by atoms with van der Waals surface area (Å²) in [5.74, 6) is 0.0693. The van der Waals surface area contributed by atoms with E-state index in [1.54, 1.807) is 6.92 Å². The van der Waals surface area contributed by atoms with Crippen LogP contribution in [0.2, 0.25) is 0 Å². The van der Waals surface area contributed by atoms with Crippen molar-refractivity contribution in [2.45, 2.75) is 58.4 Å². The van der Waals surface area contributed by atoms with Gasteiger partial charge in [-0.15, -0.1) is 0 Å². The Balaban J connectivity index is 2.02. The SMILES string of the molecule is CC1NC(=O)CCN(CC2(C)CCCCC2)C1=O. The normalized spacial score (nSPS) is 28.8. The van der Waals surface area contributed by atoms with Crippen LogP contribution in [0.15, 0.2) is 0 Å². The third-order valence-corrected chi connectivity index (χ3v) is 4.30. The van der Waals surface area contributed by atoms with Crippen LogP contribution in [0.5, 0.6) is 0 Å². The van der Waals surface area contributed by atoms with E-state index in [9.17, 15) is 9.59 Å². The van der Waals surface area contributed by atoms with Crippen molar-refractivity contribution in [2.24, 2.45) is 5.41 Å². The fourth-order valence-electron chi connectivity index (χ4n) is 3.18. The topological polar surface area (TPSA) is 49.4 Å². The Hall–Kier alpha value is -1.06. The van der Waals surface area contributed by atoms with Gasteiger partial charge in [-0.25, -0.2) is 0 Å². The van der Waals surface area contributed by atoms with Crippen molar-refractivity contribution in [3.63, 3.8) is 0 Å². The average Bonchev–Trinajstić information content (AvgIpc) is 2.44. The van der Waals surface area contributed by atoms with Crippen molar-refractivity contribution in [3.05, 3.63) is 0 Å². The number of amides is 2. The molecule has 4 nitrogen and oxygen atoms in total. The molecule has 1 saturated heterocycles. The van der Waals surface area contributed by atoms with Gasteiger partial charge in [-0.05, 0) is 25.2 Å². The minimum absolute atomic E-state index is 0.00727. The molecule has 0 spiro atoms. The van der Waals surface area contributed by atoms with Crippen molar-refractivity contribution < 1.29 is 9.59 Å². The Morgan fingerprint density at radius 3 is 2.61 bits per heavy atom. The number of nitrogens with one attached hydrogen (secondary N) is 1. The second-order valence-corrected chi connectivity index (χ2v) is 6.17.